The summed E-state index contributed by atoms with van der Waals surface area (Å²) in [5.41, 5.74) is 2.75. The van der Waals surface area contributed by atoms with Crippen LogP contribution in [0, 0.1) is 0 Å². The Morgan fingerprint density at radius 1 is 0.938 bits per heavy atom. The van der Waals surface area contributed by atoms with E-state index in [1.54, 1.807) is 6.07 Å². The van der Waals surface area contributed by atoms with Gasteiger partial charge in [-0.25, -0.2) is 23.2 Å². The average molecular weight is 450 g/mol. The monoisotopic (exact) mass is 450 g/mol. The summed E-state index contributed by atoms with van der Waals surface area (Å²) in [6.07, 6.45) is 1.51. The molecule has 0 saturated carbocycles. The summed E-state index contributed by atoms with van der Waals surface area (Å²) in [7, 11) is -3.70. The molecule has 0 spiro atoms. The largest absolute Gasteiger partial charge is 0.450 e. The first-order chi connectivity index (χ1) is 15.5. The Kier molecular flexibility index (Phi) is 4.10. The standard InChI is InChI=1S/C21H18N6O4S/c28-21-24-15-6-5-13(11-16(15)25-21)32(29,30)27-9-7-26(8-10-27)20-19-18(22-12-23-20)14-3-1-2-4-17(14)31-19/h1-6,11-12H,7-10H2,(H2,24,25,28). The van der Waals surface area contributed by atoms with E-state index in [1.807, 2.05) is 29.2 Å². The number of nitrogens with one attached hydrogen (secondary N) is 2. The number of hydrogen-bond donors (Lipinski definition) is 2. The van der Waals surface area contributed by atoms with Gasteiger partial charge >= 0.3 is 5.69 Å². The fourth-order valence-corrected chi connectivity index (χ4v) is 5.65. The van der Waals surface area contributed by atoms with Gasteiger partial charge in [0.05, 0.1) is 15.9 Å². The number of H-pyrrole nitrogens is 2. The van der Waals surface area contributed by atoms with Crippen molar-refractivity contribution in [3.8, 4) is 0 Å². The second kappa shape index (κ2) is 6.90. The van der Waals surface area contributed by atoms with Gasteiger partial charge in [-0.3, -0.25) is 0 Å². The number of fused-ring (bicyclic) bond motifs is 4. The zero-order valence-corrected chi connectivity index (χ0v) is 17.6. The normalized spacial score (nSPS) is 15.8. The van der Waals surface area contributed by atoms with Crippen molar-refractivity contribution in [1.82, 2.24) is 24.2 Å². The van der Waals surface area contributed by atoms with Crippen LogP contribution in [0.2, 0.25) is 0 Å². The topological polar surface area (TPSA) is 128 Å². The number of benzene rings is 2. The summed E-state index contributed by atoms with van der Waals surface area (Å²) in [6.45, 7) is 1.53. The molecule has 0 aliphatic carbocycles. The van der Waals surface area contributed by atoms with Crippen LogP contribution in [0.1, 0.15) is 0 Å². The molecule has 1 aliphatic heterocycles. The summed E-state index contributed by atoms with van der Waals surface area (Å²) >= 11 is 0. The predicted octanol–water partition coefficient (Wildman–Crippen LogP) is 2.06. The van der Waals surface area contributed by atoms with E-state index in [0.717, 1.165) is 16.5 Å². The number of anilines is 1. The van der Waals surface area contributed by atoms with E-state index in [0.29, 0.717) is 48.6 Å². The average Bonchev–Trinajstić information content (AvgIpc) is 3.38. The van der Waals surface area contributed by atoms with Gasteiger partial charge in [0.1, 0.15) is 17.4 Å². The molecule has 2 N–H and O–H groups in total. The highest BCUT2D eigenvalue weighted by molar-refractivity contribution is 7.89. The summed E-state index contributed by atoms with van der Waals surface area (Å²) in [5, 5.41) is 0.922. The molecule has 10 nitrogen and oxygen atoms in total. The minimum Gasteiger partial charge on any atom is -0.450 e. The molecule has 3 aromatic heterocycles. The summed E-state index contributed by atoms with van der Waals surface area (Å²) < 4.78 is 33.8. The van der Waals surface area contributed by atoms with Crippen molar-refractivity contribution in [2.24, 2.45) is 0 Å². The van der Waals surface area contributed by atoms with Crippen LogP contribution in [0.25, 0.3) is 33.1 Å². The molecule has 0 bridgehead atoms. The van der Waals surface area contributed by atoms with E-state index >= 15 is 0 Å². The number of hydrogen-bond acceptors (Lipinski definition) is 7. The summed E-state index contributed by atoms with van der Waals surface area (Å²) in [6, 6.07) is 12.3. The van der Waals surface area contributed by atoms with Gasteiger partial charge in [-0.05, 0) is 30.3 Å². The molecule has 32 heavy (non-hydrogen) atoms. The number of aromatic nitrogens is 4. The predicted molar refractivity (Wildman–Crippen MR) is 119 cm³/mol. The Morgan fingerprint density at radius 3 is 2.56 bits per heavy atom. The molecule has 11 heteroatoms. The Balaban J connectivity index is 1.28. The molecule has 1 fully saturated rings. The lowest BCUT2D eigenvalue weighted by Crippen LogP contribution is -2.49. The van der Waals surface area contributed by atoms with Crippen molar-refractivity contribution >= 4 is 48.9 Å². The lowest BCUT2D eigenvalue weighted by Gasteiger charge is -2.34. The van der Waals surface area contributed by atoms with Crippen LogP contribution in [-0.4, -0.2) is 58.8 Å². The number of nitrogens with zero attached hydrogens (tertiary/aromatic N) is 4. The highest BCUT2D eigenvalue weighted by atomic mass is 32.2. The van der Waals surface area contributed by atoms with Crippen molar-refractivity contribution in [3.05, 3.63) is 59.3 Å². The van der Waals surface area contributed by atoms with Crippen molar-refractivity contribution in [2.75, 3.05) is 31.1 Å². The number of furan rings is 1. The van der Waals surface area contributed by atoms with Crippen molar-refractivity contribution in [1.29, 1.82) is 0 Å². The first-order valence-electron chi connectivity index (χ1n) is 10.1. The fourth-order valence-electron chi connectivity index (χ4n) is 4.20. The van der Waals surface area contributed by atoms with Crippen LogP contribution < -0.4 is 10.6 Å². The van der Waals surface area contributed by atoms with Crippen molar-refractivity contribution in [3.63, 3.8) is 0 Å². The minimum atomic E-state index is -3.70. The van der Waals surface area contributed by atoms with Crippen LogP contribution in [0.3, 0.4) is 0 Å². The van der Waals surface area contributed by atoms with Gasteiger partial charge in [0.2, 0.25) is 10.0 Å². The molecule has 6 rings (SSSR count). The molecule has 5 aromatic rings. The first-order valence-corrected chi connectivity index (χ1v) is 11.5. The van der Waals surface area contributed by atoms with Crippen LogP contribution >= 0.6 is 0 Å². The van der Waals surface area contributed by atoms with Gasteiger partial charge in [-0.1, -0.05) is 12.1 Å². The number of para-hydroxylation sites is 1. The van der Waals surface area contributed by atoms with Gasteiger partial charge in [-0.15, -0.1) is 0 Å². The van der Waals surface area contributed by atoms with Crippen LogP contribution in [0.5, 0.6) is 0 Å². The quantitative estimate of drug-likeness (QED) is 0.430. The second-order valence-corrected chi connectivity index (χ2v) is 9.59. The molecule has 0 unspecified atom stereocenters. The van der Waals surface area contributed by atoms with E-state index in [9.17, 15) is 13.2 Å². The molecular formula is C21H18N6O4S. The lowest BCUT2D eigenvalue weighted by atomic mass is 10.2. The Hall–Kier alpha value is -3.70. The smallest absolute Gasteiger partial charge is 0.323 e. The number of aromatic amines is 2. The Labute approximate surface area is 181 Å². The van der Waals surface area contributed by atoms with Crippen LogP contribution in [-0.2, 0) is 10.0 Å². The van der Waals surface area contributed by atoms with E-state index in [2.05, 4.69) is 19.9 Å². The summed E-state index contributed by atoms with van der Waals surface area (Å²) in [5.74, 6) is 0.662. The van der Waals surface area contributed by atoms with Crippen LogP contribution in [0.4, 0.5) is 5.82 Å². The first kappa shape index (κ1) is 19.0. The molecular weight excluding hydrogens is 432 g/mol. The number of rotatable bonds is 3. The maximum atomic E-state index is 13.2. The highest BCUT2D eigenvalue weighted by Gasteiger charge is 2.30. The van der Waals surface area contributed by atoms with E-state index < -0.39 is 10.0 Å². The zero-order valence-electron chi connectivity index (χ0n) is 16.8. The van der Waals surface area contributed by atoms with Gasteiger partial charge in [0.15, 0.2) is 11.4 Å². The second-order valence-electron chi connectivity index (χ2n) is 7.65. The fraction of sp³-hybridized carbons (Fsp3) is 0.190. The maximum absolute atomic E-state index is 13.2. The van der Waals surface area contributed by atoms with E-state index in [1.165, 1.54) is 22.8 Å². The third-order valence-electron chi connectivity index (χ3n) is 5.80. The third-order valence-corrected chi connectivity index (χ3v) is 7.70. The van der Waals surface area contributed by atoms with Crippen molar-refractivity contribution < 1.29 is 12.8 Å². The number of piperazine rings is 1. The minimum absolute atomic E-state index is 0.149. The van der Waals surface area contributed by atoms with E-state index in [4.69, 9.17) is 4.42 Å². The SMILES string of the molecule is O=c1[nH]c2ccc(S(=O)(=O)N3CCN(c4ncnc5c4oc4ccccc45)CC3)cc2[nH]1. The van der Waals surface area contributed by atoms with Gasteiger partial charge < -0.3 is 19.3 Å². The molecule has 2 aromatic carbocycles. The van der Waals surface area contributed by atoms with Crippen molar-refractivity contribution in [2.45, 2.75) is 4.90 Å². The Bertz CT molecular complexity index is 1640. The van der Waals surface area contributed by atoms with Crippen LogP contribution in [0.15, 0.2) is 62.9 Å². The summed E-state index contributed by atoms with van der Waals surface area (Å²) in [4.78, 5) is 27.7. The molecule has 4 heterocycles. The highest BCUT2D eigenvalue weighted by Crippen LogP contribution is 2.32. The lowest BCUT2D eigenvalue weighted by molar-refractivity contribution is 0.383. The van der Waals surface area contributed by atoms with Gasteiger partial charge in [-0.2, -0.15) is 4.31 Å². The zero-order chi connectivity index (χ0) is 21.9. The molecule has 1 aliphatic rings. The number of imidazole rings is 1. The molecule has 0 radical (unpaired) electrons. The molecule has 162 valence electrons. The maximum Gasteiger partial charge on any atom is 0.323 e. The number of sulfonamides is 1. The van der Waals surface area contributed by atoms with E-state index in [-0.39, 0.29) is 10.6 Å². The van der Waals surface area contributed by atoms with Gasteiger partial charge in [0.25, 0.3) is 0 Å². The molecule has 0 atom stereocenters. The van der Waals surface area contributed by atoms with Gasteiger partial charge in [0, 0.05) is 31.6 Å². The molecule has 0 amide bonds. The third kappa shape index (κ3) is 2.89. The molecule has 1 saturated heterocycles. The Morgan fingerprint density at radius 2 is 1.72 bits per heavy atom.